The molecule has 0 aromatic heterocycles. The van der Waals surface area contributed by atoms with Crippen molar-refractivity contribution >= 4 is 21.5 Å². The molecule has 1 aliphatic heterocycles. The van der Waals surface area contributed by atoms with E-state index < -0.39 is 10.0 Å². The molecule has 5 nitrogen and oxygen atoms in total. The van der Waals surface area contributed by atoms with Crippen LogP contribution in [0.1, 0.15) is 11.1 Å². The van der Waals surface area contributed by atoms with Gasteiger partial charge < -0.3 is 5.32 Å². The van der Waals surface area contributed by atoms with Crippen LogP contribution in [-0.4, -0.2) is 27.3 Å². The van der Waals surface area contributed by atoms with E-state index >= 15 is 0 Å². The molecule has 0 amide bonds. The van der Waals surface area contributed by atoms with Gasteiger partial charge in [0.15, 0.2) is 0 Å². The van der Waals surface area contributed by atoms with Crippen LogP contribution < -0.4 is 10.0 Å². The Morgan fingerprint density at radius 3 is 2.32 bits per heavy atom. The molecule has 6 heteroatoms. The zero-order valence-corrected chi connectivity index (χ0v) is 13.0. The topological polar surface area (TPSA) is 70.6 Å². The van der Waals surface area contributed by atoms with Gasteiger partial charge in [0.25, 0.3) is 10.0 Å². The van der Waals surface area contributed by atoms with Crippen LogP contribution in [0.2, 0.25) is 0 Å². The van der Waals surface area contributed by atoms with Gasteiger partial charge in [-0.05, 0) is 43.3 Å². The van der Waals surface area contributed by atoms with Gasteiger partial charge in [-0.15, -0.1) is 0 Å². The maximum absolute atomic E-state index is 12.3. The maximum atomic E-state index is 12.3. The van der Waals surface area contributed by atoms with E-state index in [1.807, 2.05) is 19.1 Å². The summed E-state index contributed by atoms with van der Waals surface area (Å²) >= 11 is 0. The first-order chi connectivity index (χ1) is 10.5. The van der Waals surface area contributed by atoms with Crippen LogP contribution in [-0.2, 0) is 10.0 Å². The predicted molar refractivity (Wildman–Crippen MR) is 87.8 cm³/mol. The van der Waals surface area contributed by atoms with Crippen LogP contribution in [0, 0.1) is 6.92 Å². The highest BCUT2D eigenvalue weighted by Crippen LogP contribution is 2.17. The van der Waals surface area contributed by atoms with E-state index in [1.54, 1.807) is 36.4 Å². The molecule has 3 rings (SSSR count). The van der Waals surface area contributed by atoms with E-state index in [0.29, 0.717) is 5.69 Å². The minimum Gasteiger partial charge on any atom is -0.368 e. The first-order valence-corrected chi connectivity index (χ1v) is 8.51. The van der Waals surface area contributed by atoms with E-state index in [9.17, 15) is 8.42 Å². The van der Waals surface area contributed by atoms with Crippen molar-refractivity contribution in [1.29, 1.82) is 0 Å². The number of rotatable bonds is 4. The number of sulfonamides is 1. The van der Waals surface area contributed by atoms with Gasteiger partial charge in [0, 0.05) is 17.8 Å². The highest BCUT2D eigenvalue weighted by atomic mass is 32.2. The molecule has 0 radical (unpaired) electrons. The summed E-state index contributed by atoms with van der Waals surface area (Å²) in [6.07, 6.45) is 0. The summed E-state index contributed by atoms with van der Waals surface area (Å²) < 4.78 is 27.2. The molecule has 2 N–H and O–H groups in total. The van der Waals surface area contributed by atoms with Crippen molar-refractivity contribution in [1.82, 2.24) is 5.32 Å². The van der Waals surface area contributed by atoms with Gasteiger partial charge in [-0.25, -0.2) is 8.42 Å². The fourth-order valence-corrected chi connectivity index (χ4v) is 3.28. The number of aliphatic imine (C=N–C) groups is 1. The highest BCUT2D eigenvalue weighted by Gasteiger charge is 2.14. The molecule has 22 heavy (non-hydrogen) atoms. The molecule has 0 fully saturated rings. The van der Waals surface area contributed by atoms with Crippen LogP contribution in [0.15, 0.2) is 58.4 Å². The lowest BCUT2D eigenvalue weighted by Crippen LogP contribution is -2.19. The van der Waals surface area contributed by atoms with Crippen molar-refractivity contribution in [2.24, 2.45) is 4.99 Å². The van der Waals surface area contributed by atoms with Crippen LogP contribution in [0.25, 0.3) is 0 Å². The van der Waals surface area contributed by atoms with E-state index in [2.05, 4.69) is 15.0 Å². The van der Waals surface area contributed by atoms with Gasteiger partial charge in [0.1, 0.15) is 5.84 Å². The molecular formula is C16H17N3O2S. The van der Waals surface area contributed by atoms with Crippen molar-refractivity contribution in [3.63, 3.8) is 0 Å². The number of anilines is 1. The molecule has 0 aliphatic carbocycles. The van der Waals surface area contributed by atoms with Gasteiger partial charge >= 0.3 is 0 Å². The lowest BCUT2D eigenvalue weighted by molar-refractivity contribution is 0.601. The average Bonchev–Trinajstić information content (AvgIpc) is 3.02. The normalized spacial score (nSPS) is 14.3. The quantitative estimate of drug-likeness (QED) is 0.908. The summed E-state index contributed by atoms with van der Waals surface area (Å²) in [5.74, 6) is 0.855. The summed E-state index contributed by atoms with van der Waals surface area (Å²) in [7, 11) is -3.56. The minimum absolute atomic E-state index is 0.254. The molecule has 2 aromatic carbocycles. The summed E-state index contributed by atoms with van der Waals surface area (Å²) in [6.45, 7) is 3.54. The maximum Gasteiger partial charge on any atom is 0.261 e. The van der Waals surface area contributed by atoms with E-state index in [4.69, 9.17) is 0 Å². The number of nitrogens with zero attached hydrogens (tertiary/aromatic N) is 1. The Bertz CT molecular complexity index is 794. The standard InChI is InChI=1S/C16H17N3O2S/c1-12-2-8-15(9-3-12)22(20,21)19-14-6-4-13(5-7-14)16-17-10-11-18-16/h2-9,19H,10-11H2,1H3,(H,17,18). The van der Waals surface area contributed by atoms with Crippen molar-refractivity contribution in [3.8, 4) is 0 Å². The third-order valence-electron chi connectivity index (χ3n) is 3.42. The second kappa shape index (κ2) is 5.81. The highest BCUT2D eigenvalue weighted by molar-refractivity contribution is 7.92. The summed E-state index contributed by atoms with van der Waals surface area (Å²) in [5, 5.41) is 3.18. The molecule has 114 valence electrons. The zero-order chi connectivity index (χ0) is 15.6. The molecule has 0 unspecified atom stereocenters. The Balaban J connectivity index is 1.78. The van der Waals surface area contributed by atoms with Crippen LogP contribution in [0.5, 0.6) is 0 Å². The van der Waals surface area contributed by atoms with Gasteiger partial charge in [-0.1, -0.05) is 17.7 Å². The van der Waals surface area contributed by atoms with Crippen molar-refractivity contribution < 1.29 is 8.42 Å². The Labute approximate surface area is 130 Å². The lowest BCUT2D eigenvalue weighted by Gasteiger charge is -2.09. The molecule has 0 bridgehead atoms. The largest absolute Gasteiger partial charge is 0.368 e. The van der Waals surface area contributed by atoms with Gasteiger partial charge in [-0.3, -0.25) is 9.71 Å². The number of hydrogen-bond donors (Lipinski definition) is 2. The molecule has 0 atom stereocenters. The molecule has 1 aliphatic rings. The third-order valence-corrected chi connectivity index (χ3v) is 4.81. The van der Waals surface area contributed by atoms with Gasteiger partial charge in [0.05, 0.1) is 11.4 Å². The predicted octanol–water partition coefficient (Wildman–Crippen LogP) is 2.15. The fraction of sp³-hybridized carbons (Fsp3) is 0.188. The minimum atomic E-state index is -3.56. The SMILES string of the molecule is Cc1ccc(S(=O)(=O)Nc2ccc(C3=NCCN3)cc2)cc1. The van der Waals surface area contributed by atoms with Crippen molar-refractivity contribution in [2.75, 3.05) is 17.8 Å². The zero-order valence-electron chi connectivity index (χ0n) is 12.2. The van der Waals surface area contributed by atoms with Crippen molar-refractivity contribution in [2.45, 2.75) is 11.8 Å². The van der Waals surface area contributed by atoms with Gasteiger partial charge in [-0.2, -0.15) is 0 Å². The fourth-order valence-electron chi connectivity index (χ4n) is 2.22. The Hall–Kier alpha value is -2.34. The van der Waals surface area contributed by atoms with E-state index in [1.165, 1.54) is 0 Å². The Kier molecular flexibility index (Phi) is 3.85. The molecule has 1 heterocycles. The molecule has 0 saturated heterocycles. The Morgan fingerprint density at radius 1 is 1.05 bits per heavy atom. The monoisotopic (exact) mass is 315 g/mol. The summed E-state index contributed by atoms with van der Waals surface area (Å²) in [5.41, 5.74) is 2.51. The molecule has 0 saturated carbocycles. The number of benzene rings is 2. The third kappa shape index (κ3) is 3.12. The summed E-state index contributed by atoms with van der Waals surface area (Å²) in [6, 6.07) is 13.9. The van der Waals surface area contributed by atoms with Gasteiger partial charge in [0.2, 0.25) is 0 Å². The van der Waals surface area contributed by atoms with Crippen LogP contribution in [0.3, 0.4) is 0 Å². The molecule has 2 aromatic rings. The first-order valence-electron chi connectivity index (χ1n) is 7.03. The average molecular weight is 315 g/mol. The second-order valence-electron chi connectivity index (χ2n) is 5.15. The first kappa shape index (κ1) is 14.6. The van der Waals surface area contributed by atoms with Crippen molar-refractivity contribution in [3.05, 3.63) is 59.7 Å². The smallest absolute Gasteiger partial charge is 0.261 e. The van der Waals surface area contributed by atoms with Crippen LogP contribution >= 0.6 is 0 Å². The number of aryl methyl sites for hydroxylation is 1. The lowest BCUT2D eigenvalue weighted by atomic mass is 10.2. The van der Waals surface area contributed by atoms with E-state index in [0.717, 1.165) is 30.1 Å². The number of hydrogen-bond acceptors (Lipinski definition) is 4. The molecular weight excluding hydrogens is 298 g/mol. The Morgan fingerprint density at radius 2 is 1.73 bits per heavy atom. The van der Waals surface area contributed by atoms with Crippen LogP contribution in [0.4, 0.5) is 5.69 Å². The summed E-state index contributed by atoms with van der Waals surface area (Å²) in [4.78, 5) is 4.59. The van der Waals surface area contributed by atoms with E-state index in [-0.39, 0.29) is 4.90 Å². The molecule has 0 spiro atoms. The second-order valence-corrected chi connectivity index (χ2v) is 6.84. The number of nitrogens with one attached hydrogen (secondary N) is 2. The number of amidine groups is 1.